The van der Waals surface area contributed by atoms with Crippen LogP contribution < -0.4 is 14.7 Å². The van der Waals surface area contributed by atoms with E-state index < -0.39 is 0 Å². The van der Waals surface area contributed by atoms with Gasteiger partial charge in [-0.3, -0.25) is 0 Å². The average Bonchev–Trinajstić information content (AvgIpc) is 3.46. The van der Waals surface area contributed by atoms with Gasteiger partial charge in [-0.1, -0.05) is 274 Å². The molecule has 0 aromatic heterocycles. The minimum atomic E-state index is -0.261. The van der Waals surface area contributed by atoms with Crippen molar-refractivity contribution in [3.05, 3.63) is 317 Å². The number of allylic oxidation sites excluding steroid dienone is 1. The highest BCUT2D eigenvalue weighted by Crippen LogP contribution is 2.52. The van der Waals surface area contributed by atoms with Crippen LogP contribution in [0.5, 0.6) is 0 Å². The summed E-state index contributed by atoms with van der Waals surface area (Å²) in [5, 5.41) is 4.63. The van der Waals surface area contributed by atoms with Gasteiger partial charge in [0.1, 0.15) is 0 Å². The number of rotatable bonds is 19. The normalized spacial score (nSPS) is 12.8. The molecule has 432 valence electrons. The first kappa shape index (κ1) is 58.8. The number of benzene rings is 11. The molecule has 0 amide bonds. The molecule has 0 saturated heterocycles. The standard InChI is InChI=1S/C83H85N3/c1-13-60(14-2)59(4)84(15-3)69-49-39-64(40-50-69)83(11,12)68-47-57-73(58-48-68)86(72-55-45-67(46-56-72)82(9,10)63-33-23-18-24-34-63)79-76-37-27-25-35-74(76)78(75-36-26-28-38-77(75)79)85(70-51-41-65(42-52-70)80(5,6)61-29-19-16-20-30-61)71-53-43-66(44-54-71)81(7,8)62-31-21-17-22-32-62/h13,16-59H,14-15H2,1-12H3/b60-13-/t59-/m1/s1. The Morgan fingerprint density at radius 3 is 0.756 bits per heavy atom. The van der Waals surface area contributed by atoms with Gasteiger partial charge in [0.15, 0.2) is 0 Å². The van der Waals surface area contributed by atoms with Gasteiger partial charge in [0, 0.05) is 84.2 Å². The van der Waals surface area contributed by atoms with E-state index in [4.69, 9.17) is 0 Å². The van der Waals surface area contributed by atoms with Crippen molar-refractivity contribution < 1.29 is 0 Å². The molecule has 11 aromatic carbocycles. The Kier molecular flexibility index (Phi) is 16.6. The first-order valence-corrected chi connectivity index (χ1v) is 31.1. The van der Waals surface area contributed by atoms with E-state index in [1.54, 1.807) is 0 Å². The van der Waals surface area contributed by atoms with Gasteiger partial charge in [0.2, 0.25) is 0 Å². The molecule has 0 N–H and O–H groups in total. The van der Waals surface area contributed by atoms with Gasteiger partial charge in [-0.2, -0.15) is 0 Å². The molecule has 3 nitrogen and oxygen atoms in total. The molecular weight excluding hydrogens is 1040 g/mol. The lowest BCUT2D eigenvalue weighted by atomic mass is 9.78. The molecule has 1 atom stereocenters. The molecular formula is C83H85N3. The Labute approximate surface area is 514 Å². The zero-order chi connectivity index (χ0) is 60.4. The monoisotopic (exact) mass is 1120 g/mol. The Morgan fingerprint density at radius 2 is 0.535 bits per heavy atom. The third-order valence-electron chi connectivity index (χ3n) is 19.2. The zero-order valence-corrected chi connectivity index (χ0v) is 52.7. The molecule has 0 spiro atoms. The van der Waals surface area contributed by atoms with E-state index in [2.05, 4.69) is 365 Å². The number of likely N-dealkylation sites (N-methyl/N-ethyl adjacent to an activating group) is 1. The fourth-order valence-corrected chi connectivity index (χ4v) is 13.4. The number of hydrogen-bond acceptors (Lipinski definition) is 3. The summed E-state index contributed by atoms with van der Waals surface area (Å²) in [5.74, 6) is 0. The molecule has 0 aliphatic heterocycles. The number of fused-ring (bicyclic) bond motifs is 2. The second-order valence-corrected chi connectivity index (χ2v) is 25.5. The van der Waals surface area contributed by atoms with Crippen molar-refractivity contribution in [3.63, 3.8) is 0 Å². The fourth-order valence-electron chi connectivity index (χ4n) is 13.4. The van der Waals surface area contributed by atoms with E-state index in [0.717, 1.165) is 68.6 Å². The van der Waals surface area contributed by atoms with Crippen LogP contribution in [-0.2, 0) is 21.7 Å². The largest absolute Gasteiger partial charge is 0.365 e. The van der Waals surface area contributed by atoms with Crippen LogP contribution in [0, 0.1) is 0 Å². The van der Waals surface area contributed by atoms with E-state index in [9.17, 15) is 0 Å². The molecule has 0 heterocycles. The highest BCUT2D eigenvalue weighted by atomic mass is 15.2. The van der Waals surface area contributed by atoms with Crippen LogP contribution in [0.1, 0.15) is 134 Å². The van der Waals surface area contributed by atoms with Crippen molar-refractivity contribution in [3.8, 4) is 0 Å². The van der Waals surface area contributed by atoms with Crippen molar-refractivity contribution >= 4 is 61.4 Å². The van der Waals surface area contributed by atoms with Crippen LogP contribution in [0.15, 0.2) is 273 Å². The van der Waals surface area contributed by atoms with Gasteiger partial charge in [0.05, 0.1) is 11.4 Å². The van der Waals surface area contributed by atoms with Crippen molar-refractivity contribution in [2.24, 2.45) is 0 Å². The van der Waals surface area contributed by atoms with Crippen molar-refractivity contribution in [2.75, 3.05) is 21.2 Å². The summed E-state index contributed by atoms with van der Waals surface area (Å²) in [6.07, 6.45) is 3.34. The van der Waals surface area contributed by atoms with Crippen LogP contribution >= 0.6 is 0 Å². The SMILES string of the molecule is C/C=C(/CC)[C@@H](C)N(CC)c1ccc(C(C)(C)c2ccc(N(c3ccc(C(C)(C)c4ccccc4)cc3)c3c4ccccc4c(N(c4ccc(C(C)(C)c5ccccc5)cc4)c4ccc(C(C)(C)c5ccccc5)cc4)c4ccccc34)cc2)cc1. The van der Waals surface area contributed by atoms with E-state index in [1.807, 2.05) is 0 Å². The smallest absolute Gasteiger partial charge is 0.0619 e. The molecule has 11 aromatic rings. The Morgan fingerprint density at radius 1 is 0.314 bits per heavy atom. The summed E-state index contributed by atoms with van der Waals surface area (Å²) in [6, 6.07) is 97.8. The molecule has 0 aliphatic rings. The predicted octanol–water partition coefficient (Wildman–Crippen LogP) is 22.8. The molecule has 11 rings (SSSR count). The second-order valence-electron chi connectivity index (χ2n) is 25.5. The maximum atomic E-state index is 2.52. The minimum Gasteiger partial charge on any atom is -0.365 e. The summed E-state index contributed by atoms with van der Waals surface area (Å²) in [4.78, 5) is 7.54. The zero-order valence-electron chi connectivity index (χ0n) is 52.7. The van der Waals surface area contributed by atoms with Gasteiger partial charge in [-0.25, -0.2) is 0 Å². The number of anilines is 7. The van der Waals surface area contributed by atoms with Crippen LogP contribution in [0.4, 0.5) is 39.8 Å². The molecule has 3 heteroatoms. The van der Waals surface area contributed by atoms with Gasteiger partial charge >= 0.3 is 0 Å². The molecule has 0 radical (unpaired) electrons. The molecule has 0 unspecified atom stereocenters. The van der Waals surface area contributed by atoms with Gasteiger partial charge in [0.25, 0.3) is 0 Å². The third-order valence-corrected chi connectivity index (χ3v) is 19.2. The first-order chi connectivity index (χ1) is 41.5. The van der Waals surface area contributed by atoms with E-state index in [-0.39, 0.29) is 21.7 Å². The Balaban J connectivity index is 1.08. The Hall–Kier alpha value is -8.92. The molecule has 86 heavy (non-hydrogen) atoms. The van der Waals surface area contributed by atoms with E-state index in [1.165, 1.54) is 55.8 Å². The summed E-state index contributed by atoms with van der Waals surface area (Å²) in [7, 11) is 0. The van der Waals surface area contributed by atoms with Crippen LogP contribution in [-0.4, -0.2) is 12.6 Å². The highest BCUT2D eigenvalue weighted by molar-refractivity contribution is 6.23. The summed E-state index contributed by atoms with van der Waals surface area (Å²) in [5.41, 5.74) is 18.7. The average molecular weight is 1120 g/mol. The van der Waals surface area contributed by atoms with Crippen molar-refractivity contribution in [1.29, 1.82) is 0 Å². The van der Waals surface area contributed by atoms with Crippen molar-refractivity contribution in [1.82, 2.24) is 0 Å². The minimum absolute atomic E-state index is 0.199. The molecule has 0 aliphatic carbocycles. The van der Waals surface area contributed by atoms with Crippen molar-refractivity contribution in [2.45, 2.75) is 117 Å². The molecule has 0 saturated carbocycles. The van der Waals surface area contributed by atoms with E-state index >= 15 is 0 Å². The molecule has 0 bridgehead atoms. The summed E-state index contributed by atoms with van der Waals surface area (Å²) < 4.78 is 0. The lowest BCUT2D eigenvalue weighted by molar-refractivity contribution is 0.640. The fraction of sp³-hybridized carbons (Fsp3) is 0.229. The van der Waals surface area contributed by atoms with Crippen LogP contribution in [0.3, 0.4) is 0 Å². The first-order valence-electron chi connectivity index (χ1n) is 31.1. The van der Waals surface area contributed by atoms with Gasteiger partial charge < -0.3 is 14.7 Å². The molecule has 0 fully saturated rings. The summed E-state index contributed by atoms with van der Waals surface area (Å²) >= 11 is 0. The van der Waals surface area contributed by atoms with Gasteiger partial charge in [-0.05, 0) is 132 Å². The van der Waals surface area contributed by atoms with Crippen LogP contribution in [0.25, 0.3) is 21.5 Å². The number of nitrogens with zero attached hydrogens (tertiary/aromatic N) is 3. The Bertz CT molecular complexity index is 3950. The summed E-state index contributed by atoms with van der Waals surface area (Å²) in [6.45, 7) is 28.7. The maximum absolute atomic E-state index is 2.52. The lowest BCUT2D eigenvalue weighted by Gasteiger charge is -2.34. The van der Waals surface area contributed by atoms with Gasteiger partial charge in [-0.15, -0.1) is 0 Å². The number of hydrogen-bond donors (Lipinski definition) is 0. The topological polar surface area (TPSA) is 9.72 Å². The van der Waals surface area contributed by atoms with E-state index in [0.29, 0.717) is 6.04 Å². The quantitative estimate of drug-likeness (QED) is 0.0454. The third kappa shape index (κ3) is 11.1. The van der Waals surface area contributed by atoms with Crippen LogP contribution in [0.2, 0.25) is 0 Å². The second kappa shape index (κ2) is 24.2. The maximum Gasteiger partial charge on any atom is 0.0619 e. The lowest BCUT2D eigenvalue weighted by Crippen LogP contribution is -2.34. The highest BCUT2D eigenvalue weighted by Gasteiger charge is 2.31. The predicted molar refractivity (Wildman–Crippen MR) is 372 cm³/mol.